The Morgan fingerprint density at radius 2 is 2.06 bits per heavy atom. The van der Waals surface area contributed by atoms with Gasteiger partial charge in [0.2, 0.25) is 0 Å². The number of hydrogen-bond acceptors (Lipinski definition) is 3. The topological polar surface area (TPSA) is 48.1 Å². The maximum Gasteiger partial charge on any atom is 0.119 e. The van der Waals surface area contributed by atoms with E-state index < -0.39 is 0 Å². The fourth-order valence-corrected chi connectivity index (χ4v) is 1.64. The normalized spacial score (nSPS) is 10.2. The van der Waals surface area contributed by atoms with Gasteiger partial charge >= 0.3 is 0 Å². The van der Waals surface area contributed by atoms with Crippen molar-refractivity contribution in [2.75, 3.05) is 12.3 Å². The first-order valence-corrected chi connectivity index (χ1v) is 5.67. The molecule has 0 atom stereocenters. The van der Waals surface area contributed by atoms with Crippen LogP contribution in [0.25, 0.3) is 11.3 Å². The number of ether oxygens (including phenoxy) is 1. The van der Waals surface area contributed by atoms with Crippen LogP contribution < -0.4 is 10.5 Å². The zero-order valence-corrected chi connectivity index (χ0v) is 10.1. The minimum absolute atomic E-state index is 0.664. The monoisotopic (exact) mass is 228 g/mol. The van der Waals surface area contributed by atoms with Crippen molar-refractivity contribution in [2.45, 2.75) is 13.8 Å². The SMILES string of the molecule is CCOc1cccc(-c2ccc(N)c(C)n2)c1. The van der Waals surface area contributed by atoms with E-state index >= 15 is 0 Å². The number of nitrogens with two attached hydrogens (primary N) is 1. The Kier molecular flexibility index (Phi) is 3.28. The van der Waals surface area contributed by atoms with Crippen molar-refractivity contribution in [2.24, 2.45) is 0 Å². The predicted octanol–water partition coefficient (Wildman–Crippen LogP) is 3.04. The van der Waals surface area contributed by atoms with E-state index in [1.165, 1.54) is 0 Å². The fraction of sp³-hybridized carbons (Fsp3) is 0.214. The van der Waals surface area contributed by atoms with Crippen LogP contribution in [0, 0.1) is 6.92 Å². The van der Waals surface area contributed by atoms with E-state index in [9.17, 15) is 0 Å². The van der Waals surface area contributed by atoms with Gasteiger partial charge in [-0.05, 0) is 38.1 Å². The van der Waals surface area contributed by atoms with Gasteiger partial charge in [0.15, 0.2) is 0 Å². The Morgan fingerprint density at radius 1 is 1.24 bits per heavy atom. The molecular formula is C14H16N2O. The van der Waals surface area contributed by atoms with Gasteiger partial charge in [-0.1, -0.05) is 12.1 Å². The zero-order chi connectivity index (χ0) is 12.3. The molecule has 0 unspecified atom stereocenters. The van der Waals surface area contributed by atoms with Gasteiger partial charge in [0, 0.05) is 5.56 Å². The van der Waals surface area contributed by atoms with Gasteiger partial charge in [0.25, 0.3) is 0 Å². The van der Waals surface area contributed by atoms with Gasteiger partial charge in [-0.25, -0.2) is 0 Å². The summed E-state index contributed by atoms with van der Waals surface area (Å²) in [6.45, 7) is 4.54. The molecule has 1 heterocycles. The van der Waals surface area contributed by atoms with Crippen LogP contribution >= 0.6 is 0 Å². The summed E-state index contributed by atoms with van der Waals surface area (Å²) in [4.78, 5) is 4.46. The van der Waals surface area contributed by atoms with E-state index in [0.29, 0.717) is 6.61 Å². The van der Waals surface area contributed by atoms with Crippen LogP contribution in [0.15, 0.2) is 36.4 Å². The van der Waals surface area contributed by atoms with Gasteiger partial charge in [0.05, 0.1) is 23.7 Å². The lowest BCUT2D eigenvalue weighted by molar-refractivity contribution is 0.340. The first kappa shape index (κ1) is 11.5. The van der Waals surface area contributed by atoms with Crippen LogP contribution in [0.2, 0.25) is 0 Å². The summed E-state index contributed by atoms with van der Waals surface area (Å²) >= 11 is 0. The second kappa shape index (κ2) is 4.87. The number of aryl methyl sites for hydroxylation is 1. The second-order valence-corrected chi connectivity index (χ2v) is 3.83. The Morgan fingerprint density at radius 3 is 2.76 bits per heavy atom. The van der Waals surface area contributed by atoms with Crippen molar-refractivity contribution in [1.82, 2.24) is 4.98 Å². The smallest absolute Gasteiger partial charge is 0.119 e. The standard InChI is InChI=1S/C14H16N2O/c1-3-17-12-6-4-5-11(9-12)14-8-7-13(15)10(2)16-14/h4-9H,3,15H2,1-2H3. The van der Waals surface area contributed by atoms with Crippen molar-refractivity contribution in [3.63, 3.8) is 0 Å². The maximum atomic E-state index is 5.76. The highest BCUT2D eigenvalue weighted by Gasteiger charge is 2.03. The van der Waals surface area contributed by atoms with Crippen molar-refractivity contribution < 1.29 is 4.74 Å². The average molecular weight is 228 g/mol. The first-order valence-electron chi connectivity index (χ1n) is 5.67. The minimum Gasteiger partial charge on any atom is -0.494 e. The van der Waals surface area contributed by atoms with Crippen molar-refractivity contribution >= 4 is 5.69 Å². The number of hydrogen-bond donors (Lipinski definition) is 1. The number of pyridine rings is 1. The molecule has 0 aliphatic rings. The number of anilines is 1. The Labute approximate surface area is 101 Å². The molecule has 17 heavy (non-hydrogen) atoms. The lowest BCUT2D eigenvalue weighted by atomic mass is 10.1. The third kappa shape index (κ3) is 2.56. The highest BCUT2D eigenvalue weighted by atomic mass is 16.5. The molecule has 0 saturated heterocycles. The van der Waals surface area contributed by atoms with E-state index in [1.54, 1.807) is 0 Å². The highest BCUT2D eigenvalue weighted by Crippen LogP contribution is 2.23. The van der Waals surface area contributed by atoms with E-state index in [0.717, 1.165) is 28.4 Å². The number of nitrogens with zero attached hydrogens (tertiary/aromatic N) is 1. The van der Waals surface area contributed by atoms with Gasteiger partial charge < -0.3 is 10.5 Å². The lowest BCUT2D eigenvalue weighted by Gasteiger charge is -2.07. The van der Waals surface area contributed by atoms with Crippen LogP contribution in [0.5, 0.6) is 5.75 Å². The Hall–Kier alpha value is -2.03. The molecule has 3 heteroatoms. The zero-order valence-electron chi connectivity index (χ0n) is 10.1. The minimum atomic E-state index is 0.664. The van der Waals surface area contributed by atoms with Crippen LogP contribution in [-0.4, -0.2) is 11.6 Å². The van der Waals surface area contributed by atoms with Crippen LogP contribution in [-0.2, 0) is 0 Å². The Balaban J connectivity index is 2.38. The van der Waals surface area contributed by atoms with Gasteiger partial charge in [-0.3, -0.25) is 4.98 Å². The number of rotatable bonds is 3. The van der Waals surface area contributed by atoms with E-state index in [4.69, 9.17) is 10.5 Å². The van der Waals surface area contributed by atoms with Crippen LogP contribution in [0.3, 0.4) is 0 Å². The molecule has 2 N–H and O–H groups in total. The molecule has 1 aromatic heterocycles. The molecule has 3 nitrogen and oxygen atoms in total. The molecule has 0 fully saturated rings. The molecule has 2 rings (SSSR count). The molecule has 0 spiro atoms. The Bertz CT molecular complexity index is 523. The van der Waals surface area contributed by atoms with Gasteiger partial charge in [-0.2, -0.15) is 0 Å². The summed E-state index contributed by atoms with van der Waals surface area (Å²) in [5.74, 6) is 0.862. The summed E-state index contributed by atoms with van der Waals surface area (Å²) in [5.41, 5.74) is 9.28. The van der Waals surface area contributed by atoms with E-state index in [2.05, 4.69) is 4.98 Å². The molecule has 2 aromatic rings. The van der Waals surface area contributed by atoms with Crippen molar-refractivity contribution in [3.8, 4) is 17.0 Å². The molecule has 0 radical (unpaired) electrons. The summed E-state index contributed by atoms with van der Waals surface area (Å²) in [7, 11) is 0. The van der Waals surface area contributed by atoms with E-state index in [1.807, 2.05) is 50.2 Å². The number of nitrogen functional groups attached to an aromatic ring is 1. The van der Waals surface area contributed by atoms with Crippen LogP contribution in [0.4, 0.5) is 5.69 Å². The number of benzene rings is 1. The third-order valence-corrected chi connectivity index (χ3v) is 2.57. The van der Waals surface area contributed by atoms with Crippen molar-refractivity contribution in [1.29, 1.82) is 0 Å². The first-order chi connectivity index (χ1) is 8.20. The molecule has 0 saturated carbocycles. The fourth-order valence-electron chi connectivity index (χ4n) is 1.64. The molecule has 0 bridgehead atoms. The molecular weight excluding hydrogens is 212 g/mol. The summed E-state index contributed by atoms with van der Waals surface area (Å²) in [6.07, 6.45) is 0. The quantitative estimate of drug-likeness (QED) is 0.878. The second-order valence-electron chi connectivity index (χ2n) is 3.83. The average Bonchev–Trinajstić information content (AvgIpc) is 2.33. The van der Waals surface area contributed by atoms with Gasteiger partial charge in [0.1, 0.15) is 5.75 Å². The van der Waals surface area contributed by atoms with E-state index in [-0.39, 0.29) is 0 Å². The largest absolute Gasteiger partial charge is 0.494 e. The summed E-state index contributed by atoms with van der Waals surface area (Å²) in [6, 6.07) is 11.7. The lowest BCUT2D eigenvalue weighted by Crippen LogP contribution is -1.95. The molecule has 88 valence electrons. The summed E-state index contributed by atoms with van der Waals surface area (Å²) in [5, 5.41) is 0. The maximum absolute atomic E-state index is 5.76. The predicted molar refractivity (Wildman–Crippen MR) is 70.0 cm³/mol. The highest BCUT2D eigenvalue weighted by molar-refractivity contribution is 5.63. The molecule has 0 amide bonds. The molecule has 0 aliphatic carbocycles. The molecule has 1 aromatic carbocycles. The molecule has 0 aliphatic heterocycles. The third-order valence-electron chi connectivity index (χ3n) is 2.57. The van der Waals surface area contributed by atoms with Crippen molar-refractivity contribution in [3.05, 3.63) is 42.1 Å². The number of aromatic nitrogens is 1. The van der Waals surface area contributed by atoms with Crippen LogP contribution in [0.1, 0.15) is 12.6 Å². The summed E-state index contributed by atoms with van der Waals surface area (Å²) < 4.78 is 5.47. The van der Waals surface area contributed by atoms with Gasteiger partial charge in [-0.15, -0.1) is 0 Å².